The standard InChI is InChI=1S/C23H17FN2O3/c24-18-13-16(11-12-17(18)22(27)28)21-19(14-7-3-1-4-8-14)20(25-23(29)26-21)15-9-5-2-6-10-15/h1-13,19,21H,(H,26,29)(H,27,28). The average Bonchev–Trinajstić information content (AvgIpc) is 2.74. The van der Waals surface area contributed by atoms with Gasteiger partial charge in [0, 0.05) is 0 Å². The zero-order chi connectivity index (χ0) is 20.4. The summed E-state index contributed by atoms with van der Waals surface area (Å²) < 4.78 is 14.4. The predicted octanol–water partition coefficient (Wildman–Crippen LogP) is 4.56. The molecule has 0 saturated carbocycles. The highest BCUT2D eigenvalue weighted by Crippen LogP contribution is 2.37. The molecular formula is C23H17FN2O3. The van der Waals surface area contributed by atoms with E-state index in [1.807, 2.05) is 60.7 Å². The number of hydrogen-bond donors (Lipinski definition) is 2. The van der Waals surface area contributed by atoms with E-state index in [9.17, 15) is 14.0 Å². The van der Waals surface area contributed by atoms with Crippen molar-refractivity contribution in [2.75, 3.05) is 0 Å². The van der Waals surface area contributed by atoms with Crippen molar-refractivity contribution in [2.24, 2.45) is 4.99 Å². The molecule has 1 aliphatic heterocycles. The zero-order valence-electron chi connectivity index (χ0n) is 15.2. The van der Waals surface area contributed by atoms with Crippen molar-refractivity contribution in [3.05, 3.63) is 107 Å². The van der Waals surface area contributed by atoms with Crippen LogP contribution in [-0.4, -0.2) is 22.8 Å². The monoisotopic (exact) mass is 388 g/mol. The second-order valence-corrected chi connectivity index (χ2v) is 6.72. The molecule has 3 aromatic carbocycles. The van der Waals surface area contributed by atoms with E-state index < -0.39 is 29.4 Å². The second kappa shape index (κ2) is 7.67. The van der Waals surface area contributed by atoms with Crippen molar-refractivity contribution in [1.82, 2.24) is 5.32 Å². The summed E-state index contributed by atoms with van der Waals surface area (Å²) in [5.74, 6) is -2.56. The van der Waals surface area contributed by atoms with Crippen LogP contribution < -0.4 is 5.32 Å². The first-order valence-electron chi connectivity index (χ1n) is 9.07. The summed E-state index contributed by atoms with van der Waals surface area (Å²) in [7, 11) is 0. The molecule has 0 fully saturated rings. The number of aromatic carboxylic acids is 1. The van der Waals surface area contributed by atoms with E-state index in [0.717, 1.165) is 17.2 Å². The quantitative estimate of drug-likeness (QED) is 0.688. The SMILES string of the molecule is O=C1N=C(c2ccccc2)C(c2ccccc2)C(c2ccc(C(=O)O)c(F)c2)N1. The Kier molecular flexibility index (Phi) is 4.91. The molecule has 5 nitrogen and oxygen atoms in total. The second-order valence-electron chi connectivity index (χ2n) is 6.72. The van der Waals surface area contributed by atoms with E-state index in [2.05, 4.69) is 10.3 Å². The van der Waals surface area contributed by atoms with Crippen LogP contribution in [0.15, 0.2) is 83.9 Å². The minimum Gasteiger partial charge on any atom is -0.478 e. The third-order valence-electron chi connectivity index (χ3n) is 4.94. The van der Waals surface area contributed by atoms with Gasteiger partial charge < -0.3 is 10.4 Å². The predicted molar refractivity (Wildman–Crippen MR) is 107 cm³/mol. The number of carbonyl (C=O) groups is 2. The topological polar surface area (TPSA) is 78.8 Å². The Balaban J connectivity index is 1.86. The summed E-state index contributed by atoms with van der Waals surface area (Å²) in [6.07, 6.45) is 0. The number of urea groups is 1. The molecule has 2 amide bonds. The average molecular weight is 388 g/mol. The molecule has 0 aliphatic carbocycles. The van der Waals surface area contributed by atoms with Gasteiger partial charge in [0.25, 0.3) is 0 Å². The Morgan fingerprint density at radius 1 is 0.931 bits per heavy atom. The van der Waals surface area contributed by atoms with E-state index in [-0.39, 0.29) is 5.92 Å². The van der Waals surface area contributed by atoms with E-state index in [4.69, 9.17) is 5.11 Å². The van der Waals surface area contributed by atoms with Gasteiger partial charge in [-0.3, -0.25) is 0 Å². The molecule has 3 aromatic rings. The molecule has 1 heterocycles. The van der Waals surface area contributed by atoms with Gasteiger partial charge in [-0.25, -0.2) is 14.0 Å². The summed E-state index contributed by atoms with van der Waals surface area (Å²) in [5, 5.41) is 11.9. The third kappa shape index (κ3) is 3.65. The van der Waals surface area contributed by atoms with E-state index in [0.29, 0.717) is 11.3 Å². The number of rotatable bonds is 4. The number of carbonyl (C=O) groups excluding carboxylic acids is 1. The highest BCUT2D eigenvalue weighted by atomic mass is 19.1. The fourth-order valence-electron chi connectivity index (χ4n) is 3.62. The van der Waals surface area contributed by atoms with Crippen LogP contribution in [0.5, 0.6) is 0 Å². The largest absolute Gasteiger partial charge is 0.478 e. The van der Waals surface area contributed by atoms with Gasteiger partial charge in [-0.1, -0.05) is 66.7 Å². The number of nitrogens with zero attached hydrogens (tertiary/aromatic N) is 1. The smallest absolute Gasteiger partial charge is 0.341 e. The lowest BCUT2D eigenvalue weighted by Gasteiger charge is -2.33. The first-order valence-corrected chi connectivity index (χ1v) is 9.07. The fraction of sp³-hybridized carbons (Fsp3) is 0.0870. The lowest BCUT2D eigenvalue weighted by molar-refractivity contribution is 0.0691. The molecule has 0 radical (unpaired) electrons. The maximum atomic E-state index is 14.4. The Morgan fingerprint density at radius 3 is 2.21 bits per heavy atom. The van der Waals surface area contributed by atoms with Crippen molar-refractivity contribution in [1.29, 1.82) is 0 Å². The minimum atomic E-state index is -1.34. The number of nitrogens with one attached hydrogen (secondary N) is 1. The molecule has 4 rings (SSSR count). The van der Waals surface area contributed by atoms with Gasteiger partial charge >= 0.3 is 12.0 Å². The van der Waals surface area contributed by atoms with Crippen LogP contribution in [0.2, 0.25) is 0 Å². The van der Waals surface area contributed by atoms with E-state index in [1.54, 1.807) is 0 Å². The van der Waals surface area contributed by atoms with Gasteiger partial charge in [-0.15, -0.1) is 0 Å². The Labute approximate surface area is 166 Å². The van der Waals surface area contributed by atoms with Crippen LogP contribution in [0.1, 0.15) is 39.0 Å². The van der Waals surface area contributed by atoms with Crippen LogP contribution in [0, 0.1) is 5.82 Å². The number of aliphatic imine (C=N–C) groups is 1. The Hall–Kier alpha value is -3.80. The normalized spacial score (nSPS) is 18.7. The van der Waals surface area contributed by atoms with Crippen molar-refractivity contribution < 1.29 is 19.1 Å². The summed E-state index contributed by atoms with van der Waals surface area (Å²) in [5.41, 5.74) is 2.34. The van der Waals surface area contributed by atoms with Gasteiger partial charge in [0.15, 0.2) is 0 Å². The number of carboxylic acids is 1. The number of hydrogen-bond acceptors (Lipinski definition) is 2. The molecule has 29 heavy (non-hydrogen) atoms. The Bertz CT molecular complexity index is 1100. The van der Waals surface area contributed by atoms with Crippen molar-refractivity contribution >= 4 is 17.7 Å². The number of carboxylic acid groups (broad SMARTS) is 1. The van der Waals surface area contributed by atoms with Crippen LogP contribution in [0.25, 0.3) is 0 Å². The molecular weight excluding hydrogens is 371 g/mol. The molecule has 2 N–H and O–H groups in total. The van der Waals surface area contributed by atoms with E-state index in [1.165, 1.54) is 12.1 Å². The highest BCUT2D eigenvalue weighted by Gasteiger charge is 2.35. The molecule has 144 valence electrons. The summed E-state index contributed by atoms with van der Waals surface area (Å²) in [6.45, 7) is 0. The molecule has 0 spiro atoms. The minimum absolute atomic E-state index is 0.369. The highest BCUT2D eigenvalue weighted by molar-refractivity contribution is 6.12. The van der Waals surface area contributed by atoms with Gasteiger partial charge in [0.2, 0.25) is 0 Å². The van der Waals surface area contributed by atoms with Gasteiger partial charge in [0.1, 0.15) is 5.82 Å². The van der Waals surface area contributed by atoms with Gasteiger partial charge in [-0.05, 0) is 28.8 Å². The summed E-state index contributed by atoms with van der Waals surface area (Å²) >= 11 is 0. The molecule has 0 bridgehead atoms. The molecule has 6 heteroatoms. The van der Waals surface area contributed by atoms with Crippen molar-refractivity contribution in [3.8, 4) is 0 Å². The van der Waals surface area contributed by atoms with Gasteiger partial charge in [-0.2, -0.15) is 4.99 Å². The molecule has 2 atom stereocenters. The summed E-state index contributed by atoms with van der Waals surface area (Å²) in [6, 6.07) is 21.7. The lowest BCUT2D eigenvalue weighted by Crippen LogP contribution is -2.40. The fourth-order valence-corrected chi connectivity index (χ4v) is 3.62. The third-order valence-corrected chi connectivity index (χ3v) is 4.94. The number of halogens is 1. The van der Waals surface area contributed by atoms with Crippen molar-refractivity contribution in [2.45, 2.75) is 12.0 Å². The molecule has 2 unspecified atom stereocenters. The van der Waals surface area contributed by atoms with E-state index >= 15 is 0 Å². The zero-order valence-corrected chi connectivity index (χ0v) is 15.2. The maximum Gasteiger partial charge on any atom is 0.341 e. The van der Waals surface area contributed by atoms with Crippen LogP contribution in [0.4, 0.5) is 9.18 Å². The molecule has 0 aromatic heterocycles. The maximum absolute atomic E-state index is 14.4. The Morgan fingerprint density at radius 2 is 1.59 bits per heavy atom. The summed E-state index contributed by atoms with van der Waals surface area (Å²) in [4.78, 5) is 27.8. The van der Waals surface area contributed by atoms with Crippen LogP contribution in [-0.2, 0) is 0 Å². The van der Waals surface area contributed by atoms with Crippen molar-refractivity contribution in [3.63, 3.8) is 0 Å². The van der Waals surface area contributed by atoms with Crippen LogP contribution >= 0.6 is 0 Å². The van der Waals surface area contributed by atoms with Gasteiger partial charge in [0.05, 0.1) is 23.2 Å². The number of amides is 2. The number of benzene rings is 3. The first-order chi connectivity index (χ1) is 14.0. The lowest BCUT2D eigenvalue weighted by atomic mass is 9.80. The van der Waals surface area contributed by atoms with Crippen LogP contribution in [0.3, 0.4) is 0 Å². The first kappa shape index (κ1) is 18.6. The molecule has 1 aliphatic rings. The molecule has 0 saturated heterocycles.